The Morgan fingerprint density at radius 3 is 2.17 bits per heavy atom. The first-order valence-electron chi connectivity index (χ1n) is 10.9. The molecule has 2 rings (SSSR count). The molecule has 3 nitrogen and oxygen atoms in total. The second-order valence-electron chi connectivity index (χ2n) is 8.77. The molecule has 0 unspecified atom stereocenters. The van der Waals surface area contributed by atoms with Gasteiger partial charge in [-0.15, -0.1) is 0 Å². The molecule has 0 saturated carbocycles. The molecule has 0 heterocycles. The highest BCUT2D eigenvalue weighted by Gasteiger charge is 2.22. The van der Waals surface area contributed by atoms with E-state index in [4.69, 9.17) is 4.74 Å². The lowest BCUT2D eigenvalue weighted by Crippen LogP contribution is -2.37. The van der Waals surface area contributed by atoms with Gasteiger partial charge < -0.3 is 9.64 Å². The van der Waals surface area contributed by atoms with Crippen LogP contribution in [-0.4, -0.2) is 18.1 Å². The highest BCUT2D eigenvalue weighted by Crippen LogP contribution is 2.37. The molecule has 0 aliphatic heterocycles. The number of rotatable bonds is 8. The molecule has 0 aromatic heterocycles. The van der Waals surface area contributed by atoms with Gasteiger partial charge in [0, 0.05) is 29.3 Å². The molecule has 0 N–H and O–H groups in total. The average molecular weight is 396 g/mol. The van der Waals surface area contributed by atoms with Gasteiger partial charge in [-0.1, -0.05) is 50.6 Å². The predicted molar refractivity (Wildman–Crippen MR) is 123 cm³/mol. The molecule has 0 bridgehead atoms. The van der Waals surface area contributed by atoms with E-state index in [1.807, 2.05) is 26.0 Å². The lowest BCUT2D eigenvalue weighted by atomic mass is 9.87. The van der Waals surface area contributed by atoms with Crippen molar-refractivity contribution >= 4 is 11.7 Å². The summed E-state index contributed by atoms with van der Waals surface area (Å²) in [7, 11) is 0. The van der Waals surface area contributed by atoms with Crippen molar-refractivity contribution in [1.82, 2.24) is 0 Å². The van der Waals surface area contributed by atoms with Crippen LogP contribution in [0.25, 0.3) is 0 Å². The number of carbonyl (C=O) groups is 1. The number of aryl methyl sites for hydroxylation is 1. The van der Waals surface area contributed by atoms with Crippen molar-refractivity contribution < 1.29 is 9.53 Å². The zero-order chi connectivity index (χ0) is 21.7. The van der Waals surface area contributed by atoms with Gasteiger partial charge >= 0.3 is 5.97 Å². The van der Waals surface area contributed by atoms with Gasteiger partial charge in [-0.3, -0.25) is 4.79 Å². The van der Waals surface area contributed by atoms with E-state index >= 15 is 0 Å². The molecule has 0 aliphatic carbocycles. The van der Waals surface area contributed by atoms with Gasteiger partial charge in [-0.05, 0) is 64.8 Å². The topological polar surface area (TPSA) is 29.5 Å². The van der Waals surface area contributed by atoms with Crippen molar-refractivity contribution in [1.29, 1.82) is 0 Å². The van der Waals surface area contributed by atoms with Crippen LogP contribution >= 0.6 is 0 Å². The maximum Gasteiger partial charge on any atom is 0.313 e. The van der Waals surface area contributed by atoms with Crippen LogP contribution < -0.4 is 9.64 Å². The minimum atomic E-state index is -0.190. The van der Waals surface area contributed by atoms with Crippen molar-refractivity contribution in [3.05, 3.63) is 59.2 Å². The number of carbonyl (C=O) groups excluding carboxylic acids is 1. The second kappa shape index (κ2) is 9.96. The molecule has 2 aromatic rings. The Hall–Kier alpha value is -2.29. The zero-order valence-electron chi connectivity index (χ0n) is 19.3. The molecule has 3 heteroatoms. The second-order valence-corrected chi connectivity index (χ2v) is 8.77. The first-order valence-corrected chi connectivity index (χ1v) is 10.9. The fourth-order valence-corrected chi connectivity index (χ4v) is 3.99. The minimum absolute atomic E-state index is 0.154. The SMILES string of the molecule is CC[C@H](c1cccc(N(C(C)C)C(C)C)c1)c1cc(C)ccc1OC(=O)C(C)C. The van der Waals surface area contributed by atoms with Crippen molar-refractivity contribution in [3.8, 4) is 5.75 Å². The summed E-state index contributed by atoms with van der Waals surface area (Å²) in [5.74, 6) is 0.504. The van der Waals surface area contributed by atoms with Gasteiger partial charge in [0.25, 0.3) is 0 Å². The van der Waals surface area contributed by atoms with Crippen LogP contribution in [-0.2, 0) is 4.79 Å². The van der Waals surface area contributed by atoms with Gasteiger partial charge in [0.2, 0.25) is 0 Å². The summed E-state index contributed by atoms with van der Waals surface area (Å²) < 4.78 is 5.77. The minimum Gasteiger partial charge on any atom is -0.426 e. The lowest BCUT2D eigenvalue weighted by Gasteiger charge is -2.34. The van der Waals surface area contributed by atoms with Crippen LogP contribution in [0.1, 0.15) is 77.5 Å². The summed E-state index contributed by atoms with van der Waals surface area (Å²) in [6.45, 7) is 16.9. The largest absolute Gasteiger partial charge is 0.426 e. The standard InChI is InChI=1S/C26H37NO2/c1-9-23(21-11-10-12-22(16-21)27(18(4)5)19(6)7)24-15-20(8)13-14-25(24)29-26(28)17(2)3/h10-19,23H,9H2,1-8H3/t23-/m1/s1. The van der Waals surface area contributed by atoms with Crippen LogP contribution in [0.3, 0.4) is 0 Å². The number of anilines is 1. The molecule has 0 amide bonds. The van der Waals surface area contributed by atoms with Crippen LogP contribution in [0, 0.1) is 12.8 Å². The van der Waals surface area contributed by atoms with Crippen molar-refractivity contribution in [2.45, 2.75) is 79.8 Å². The summed E-state index contributed by atoms with van der Waals surface area (Å²) >= 11 is 0. The highest BCUT2D eigenvalue weighted by atomic mass is 16.5. The van der Waals surface area contributed by atoms with Gasteiger partial charge in [0.15, 0.2) is 0 Å². The molecule has 0 fully saturated rings. The number of hydrogen-bond acceptors (Lipinski definition) is 3. The first-order chi connectivity index (χ1) is 13.6. The maximum absolute atomic E-state index is 12.3. The predicted octanol–water partition coefficient (Wildman–Crippen LogP) is 6.72. The van der Waals surface area contributed by atoms with E-state index in [1.54, 1.807) is 0 Å². The molecule has 1 atom stereocenters. The molecule has 0 spiro atoms. The van der Waals surface area contributed by atoms with Crippen LogP contribution in [0.4, 0.5) is 5.69 Å². The number of hydrogen-bond donors (Lipinski definition) is 0. The quantitative estimate of drug-likeness (QED) is 0.367. The molecular weight excluding hydrogens is 358 g/mol. The molecule has 158 valence electrons. The molecule has 29 heavy (non-hydrogen) atoms. The van der Waals surface area contributed by atoms with Crippen molar-refractivity contribution in [2.24, 2.45) is 5.92 Å². The highest BCUT2D eigenvalue weighted by molar-refractivity contribution is 5.75. The van der Waals surface area contributed by atoms with Gasteiger partial charge in [0.05, 0.1) is 5.92 Å². The third-order valence-corrected chi connectivity index (χ3v) is 5.31. The van der Waals surface area contributed by atoms with E-state index in [2.05, 4.69) is 76.8 Å². The van der Waals surface area contributed by atoms with Crippen molar-refractivity contribution in [2.75, 3.05) is 4.90 Å². The van der Waals surface area contributed by atoms with E-state index in [0.29, 0.717) is 17.8 Å². The number of nitrogens with zero attached hydrogens (tertiary/aromatic N) is 1. The number of ether oxygens (including phenoxy) is 1. The van der Waals surface area contributed by atoms with E-state index < -0.39 is 0 Å². The van der Waals surface area contributed by atoms with Crippen LogP contribution in [0.15, 0.2) is 42.5 Å². The van der Waals surface area contributed by atoms with Gasteiger partial charge in [-0.2, -0.15) is 0 Å². The Labute approximate surface area is 177 Å². The zero-order valence-corrected chi connectivity index (χ0v) is 19.3. The fourth-order valence-electron chi connectivity index (χ4n) is 3.99. The third-order valence-electron chi connectivity index (χ3n) is 5.31. The normalized spacial score (nSPS) is 12.5. The summed E-state index contributed by atoms with van der Waals surface area (Å²) in [6.07, 6.45) is 0.933. The smallest absolute Gasteiger partial charge is 0.313 e. The Kier molecular flexibility index (Phi) is 7.89. The Balaban J connectivity index is 2.50. The van der Waals surface area contributed by atoms with E-state index in [-0.39, 0.29) is 17.8 Å². The molecule has 0 saturated heterocycles. The Morgan fingerprint density at radius 1 is 0.966 bits per heavy atom. The van der Waals surface area contributed by atoms with E-state index in [1.165, 1.54) is 16.8 Å². The number of esters is 1. The Morgan fingerprint density at radius 2 is 1.62 bits per heavy atom. The third kappa shape index (κ3) is 5.62. The van der Waals surface area contributed by atoms with E-state index in [9.17, 15) is 4.79 Å². The van der Waals surface area contributed by atoms with Gasteiger partial charge in [-0.25, -0.2) is 0 Å². The van der Waals surface area contributed by atoms with E-state index in [0.717, 1.165) is 12.0 Å². The monoisotopic (exact) mass is 395 g/mol. The summed E-state index contributed by atoms with van der Waals surface area (Å²) in [4.78, 5) is 14.7. The van der Waals surface area contributed by atoms with Gasteiger partial charge in [0.1, 0.15) is 5.75 Å². The average Bonchev–Trinajstić information content (AvgIpc) is 2.64. The number of benzene rings is 2. The summed E-state index contributed by atoms with van der Waals surface area (Å²) in [5, 5.41) is 0. The summed E-state index contributed by atoms with van der Waals surface area (Å²) in [6, 6.07) is 15.8. The maximum atomic E-state index is 12.3. The van der Waals surface area contributed by atoms with Crippen LogP contribution in [0.5, 0.6) is 5.75 Å². The Bertz CT molecular complexity index is 815. The molecule has 2 aromatic carbocycles. The fraction of sp³-hybridized carbons (Fsp3) is 0.500. The first kappa shape index (κ1) is 23.0. The molecule has 0 radical (unpaired) electrons. The van der Waals surface area contributed by atoms with Crippen molar-refractivity contribution in [3.63, 3.8) is 0 Å². The lowest BCUT2D eigenvalue weighted by molar-refractivity contribution is -0.137. The summed E-state index contributed by atoms with van der Waals surface area (Å²) in [5.41, 5.74) is 4.74. The molecule has 0 aliphatic rings. The molecular formula is C26H37NO2. The van der Waals surface area contributed by atoms with Crippen LogP contribution in [0.2, 0.25) is 0 Å².